The molecule has 0 saturated carbocycles. The summed E-state index contributed by atoms with van der Waals surface area (Å²) in [6, 6.07) is 5.41. The van der Waals surface area contributed by atoms with E-state index in [1.54, 1.807) is 39.1 Å². The second-order valence-corrected chi connectivity index (χ2v) is 6.49. The van der Waals surface area contributed by atoms with Gasteiger partial charge in [0, 0.05) is 18.3 Å². The maximum absolute atomic E-state index is 11.6. The average Bonchev–Trinajstić information content (AvgIpc) is 2.25. The number of nitrogens with one attached hydrogen (secondary N) is 1. The standard InChI is InChI=1S/C11H18N2O3S/c1-11(2,3)16-13-17(14,15)9-7-10-6-4-5-8-12-10/h4-6,8,13H,7,9H2,1-3H3. The van der Waals surface area contributed by atoms with Crippen LogP contribution in [-0.2, 0) is 21.3 Å². The minimum atomic E-state index is -3.43. The molecule has 0 atom stereocenters. The molecule has 0 aliphatic rings. The normalized spacial score (nSPS) is 12.6. The molecule has 5 nitrogen and oxygen atoms in total. The van der Waals surface area contributed by atoms with Crippen LogP contribution < -0.4 is 4.89 Å². The van der Waals surface area contributed by atoms with E-state index >= 15 is 0 Å². The second kappa shape index (κ2) is 5.57. The molecule has 0 aromatic carbocycles. The summed E-state index contributed by atoms with van der Waals surface area (Å²) in [6.45, 7) is 5.32. The molecule has 1 rings (SSSR count). The Morgan fingerprint density at radius 1 is 1.35 bits per heavy atom. The Bertz CT molecular complexity index is 438. The minimum absolute atomic E-state index is 0.0416. The number of rotatable bonds is 5. The summed E-state index contributed by atoms with van der Waals surface area (Å²) in [5, 5.41) is 0. The van der Waals surface area contributed by atoms with Gasteiger partial charge in [0.1, 0.15) is 0 Å². The molecule has 96 valence electrons. The van der Waals surface area contributed by atoms with Crippen molar-refractivity contribution in [1.29, 1.82) is 0 Å². The van der Waals surface area contributed by atoms with Gasteiger partial charge < -0.3 is 0 Å². The monoisotopic (exact) mass is 258 g/mol. The molecular formula is C11H18N2O3S. The molecule has 1 aromatic heterocycles. The van der Waals surface area contributed by atoms with Crippen LogP contribution >= 0.6 is 0 Å². The molecule has 0 unspecified atom stereocenters. The third-order valence-electron chi connectivity index (χ3n) is 1.83. The van der Waals surface area contributed by atoms with E-state index in [2.05, 4.69) is 9.87 Å². The highest BCUT2D eigenvalue weighted by atomic mass is 32.2. The molecule has 0 aliphatic heterocycles. The summed E-state index contributed by atoms with van der Waals surface area (Å²) in [6.07, 6.45) is 2.00. The fraction of sp³-hybridized carbons (Fsp3) is 0.545. The summed E-state index contributed by atoms with van der Waals surface area (Å²) in [5.41, 5.74) is 0.201. The fourth-order valence-corrected chi connectivity index (χ4v) is 1.95. The number of hydrogen-bond acceptors (Lipinski definition) is 4. The van der Waals surface area contributed by atoms with Gasteiger partial charge in [-0.2, -0.15) is 0 Å². The van der Waals surface area contributed by atoms with Crippen molar-refractivity contribution in [2.45, 2.75) is 32.8 Å². The van der Waals surface area contributed by atoms with Crippen molar-refractivity contribution in [1.82, 2.24) is 9.87 Å². The van der Waals surface area contributed by atoms with Crippen molar-refractivity contribution in [2.75, 3.05) is 5.75 Å². The van der Waals surface area contributed by atoms with Gasteiger partial charge >= 0.3 is 0 Å². The quantitative estimate of drug-likeness (QED) is 0.808. The van der Waals surface area contributed by atoms with Crippen molar-refractivity contribution in [2.24, 2.45) is 0 Å². The molecule has 1 heterocycles. The lowest BCUT2D eigenvalue weighted by molar-refractivity contribution is -0.0357. The zero-order valence-corrected chi connectivity index (χ0v) is 11.1. The topological polar surface area (TPSA) is 68.3 Å². The first kappa shape index (κ1) is 14.1. The minimum Gasteiger partial charge on any atom is -0.281 e. The largest absolute Gasteiger partial charge is 0.281 e. The van der Waals surface area contributed by atoms with Gasteiger partial charge in [0.15, 0.2) is 0 Å². The lowest BCUT2D eigenvalue weighted by atomic mass is 10.2. The van der Waals surface area contributed by atoms with Crippen molar-refractivity contribution >= 4 is 10.0 Å². The Hall–Kier alpha value is -0.980. The van der Waals surface area contributed by atoms with Crippen molar-refractivity contribution in [3.05, 3.63) is 30.1 Å². The summed E-state index contributed by atoms with van der Waals surface area (Å²) >= 11 is 0. The first-order chi connectivity index (χ1) is 7.79. The highest BCUT2D eigenvalue weighted by Gasteiger charge is 2.17. The third kappa shape index (κ3) is 6.35. The predicted octanol–water partition coefficient (Wildman–Crippen LogP) is 1.27. The highest BCUT2D eigenvalue weighted by Crippen LogP contribution is 2.05. The van der Waals surface area contributed by atoms with Crippen LogP contribution in [0.5, 0.6) is 0 Å². The molecule has 0 fully saturated rings. The van der Waals surface area contributed by atoms with E-state index in [1.807, 2.05) is 6.07 Å². The average molecular weight is 258 g/mol. The SMILES string of the molecule is CC(C)(C)ONS(=O)(=O)CCc1ccccn1. The first-order valence-electron chi connectivity index (χ1n) is 5.36. The van der Waals surface area contributed by atoms with E-state index in [0.717, 1.165) is 5.69 Å². The number of sulfonamides is 1. The Labute approximate surface area is 102 Å². The van der Waals surface area contributed by atoms with E-state index in [0.29, 0.717) is 6.42 Å². The lowest BCUT2D eigenvalue weighted by Crippen LogP contribution is -2.35. The van der Waals surface area contributed by atoms with Crippen LogP contribution in [-0.4, -0.2) is 24.8 Å². The van der Waals surface area contributed by atoms with Crippen molar-refractivity contribution in [3.63, 3.8) is 0 Å². The molecule has 0 spiro atoms. The van der Waals surface area contributed by atoms with Gasteiger partial charge in [0.2, 0.25) is 10.0 Å². The van der Waals surface area contributed by atoms with Gasteiger partial charge in [0.25, 0.3) is 0 Å². The van der Waals surface area contributed by atoms with E-state index in [-0.39, 0.29) is 5.75 Å². The summed E-state index contributed by atoms with van der Waals surface area (Å²) in [4.78, 5) is 11.2. The molecule has 0 amide bonds. The Kier molecular flexibility index (Phi) is 4.62. The van der Waals surface area contributed by atoms with Crippen molar-refractivity contribution in [3.8, 4) is 0 Å². The zero-order chi connectivity index (χ0) is 12.9. The number of pyridine rings is 1. The Balaban J connectivity index is 2.46. The highest BCUT2D eigenvalue weighted by molar-refractivity contribution is 7.89. The molecule has 17 heavy (non-hydrogen) atoms. The summed E-state index contributed by atoms with van der Waals surface area (Å²) < 4.78 is 23.2. The molecule has 0 radical (unpaired) electrons. The van der Waals surface area contributed by atoms with Crippen LogP contribution in [0.3, 0.4) is 0 Å². The molecule has 1 N–H and O–H groups in total. The molecule has 0 saturated heterocycles. The van der Waals surface area contributed by atoms with E-state index in [9.17, 15) is 8.42 Å². The van der Waals surface area contributed by atoms with E-state index < -0.39 is 15.6 Å². The summed E-state index contributed by atoms with van der Waals surface area (Å²) in [5.74, 6) is -0.0416. The van der Waals surface area contributed by atoms with Crippen LogP contribution in [0.2, 0.25) is 0 Å². The van der Waals surface area contributed by atoms with Crippen LogP contribution in [0.4, 0.5) is 0 Å². The zero-order valence-electron chi connectivity index (χ0n) is 10.3. The van der Waals surface area contributed by atoms with Crippen LogP contribution in [0.1, 0.15) is 26.5 Å². The maximum atomic E-state index is 11.6. The van der Waals surface area contributed by atoms with Crippen molar-refractivity contribution < 1.29 is 13.3 Å². The van der Waals surface area contributed by atoms with E-state index in [1.165, 1.54) is 0 Å². The third-order valence-corrected chi connectivity index (χ3v) is 2.91. The summed E-state index contributed by atoms with van der Waals surface area (Å²) in [7, 11) is -3.43. The van der Waals surface area contributed by atoms with Gasteiger partial charge in [-0.3, -0.25) is 9.82 Å². The van der Waals surface area contributed by atoms with Gasteiger partial charge in [-0.25, -0.2) is 8.42 Å². The molecule has 1 aromatic rings. The van der Waals surface area contributed by atoms with Crippen LogP contribution in [0.15, 0.2) is 24.4 Å². The van der Waals surface area contributed by atoms with Gasteiger partial charge in [-0.15, -0.1) is 0 Å². The maximum Gasteiger partial charge on any atom is 0.233 e. The first-order valence-corrected chi connectivity index (χ1v) is 7.01. The lowest BCUT2D eigenvalue weighted by Gasteiger charge is -2.19. The van der Waals surface area contributed by atoms with Gasteiger partial charge in [0.05, 0.1) is 11.4 Å². The number of aromatic nitrogens is 1. The number of aryl methyl sites for hydroxylation is 1. The number of hydrogen-bond donors (Lipinski definition) is 1. The number of nitrogens with zero attached hydrogens (tertiary/aromatic N) is 1. The fourth-order valence-electron chi connectivity index (χ4n) is 1.02. The predicted molar refractivity (Wildman–Crippen MR) is 65.7 cm³/mol. The smallest absolute Gasteiger partial charge is 0.233 e. The second-order valence-electron chi connectivity index (χ2n) is 4.69. The van der Waals surface area contributed by atoms with Gasteiger partial charge in [-0.1, -0.05) is 11.0 Å². The molecule has 0 aliphatic carbocycles. The van der Waals surface area contributed by atoms with Gasteiger partial charge in [-0.05, 0) is 32.9 Å². The molecule has 0 bridgehead atoms. The molecule has 6 heteroatoms. The molecular weight excluding hydrogens is 240 g/mol. The Morgan fingerprint density at radius 3 is 2.59 bits per heavy atom. The van der Waals surface area contributed by atoms with Crippen LogP contribution in [0.25, 0.3) is 0 Å². The van der Waals surface area contributed by atoms with E-state index in [4.69, 9.17) is 4.84 Å². The Morgan fingerprint density at radius 2 is 2.06 bits per heavy atom. The van der Waals surface area contributed by atoms with Crippen LogP contribution in [0, 0.1) is 0 Å².